The zero-order valence-electron chi connectivity index (χ0n) is 7.50. The van der Waals surface area contributed by atoms with E-state index in [1.54, 1.807) is 12.1 Å². The Hall–Kier alpha value is -1.41. The van der Waals surface area contributed by atoms with Crippen molar-refractivity contribution in [2.75, 3.05) is 7.05 Å². The molecule has 0 saturated heterocycles. The number of halogens is 1. The molecule has 0 aliphatic carbocycles. The summed E-state index contributed by atoms with van der Waals surface area (Å²) in [5.74, 6) is -0.150. The maximum absolute atomic E-state index is 13.0. The summed E-state index contributed by atoms with van der Waals surface area (Å²) in [5.41, 5.74) is 4.50. The molecule has 0 heterocycles. The van der Waals surface area contributed by atoms with Crippen molar-refractivity contribution in [2.24, 2.45) is 5.73 Å². The van der Waals surface area contributed by atoms with Crippen LogP contribution < -0.4 is 5.73 Å². The van der Waals surface area contributed by atoms with Crippen LogP contribution in [0.3, 0.4) is 0 Å². The van der Waals surface area contributed by atoms with Gasteiger partial charge < -0.3 is 5.73 Å². The Balaban J connectivity index is 0.000000396. The van der Waals surface area contributed by atoms with Crippen LogP contribution in [0.4, 0.5) is 4.39 Å². The van der Waals surface area contributed by atoms with Crippen LogP contribution in [0.25, 0.3) is 10.8 Å². The van der Waals surface area contributed by atoms with E-state index in [1.807, 2.05) is 24.3 Å². The Kier molecular flexibility index (Phi) is 3.41. The summed E-state index contributed by atoms with van der Waals surface area (Å²) in [5, 5.41) is 1.64. The average Bonchev–Trinajstić information content (AvgIpc) is 2.22. The van der Waals surface area contributed by atoms with Crippen LogP contribution >= 0.6 is 0 Å². The van der Waals surface area contributed by atoms with Gasteiger partial charge in [0.25, 0.3) is 0 Å². The minimum Gasteiger partial charge on any atom is -0.333 e. The molecule has 0 bridgehead atoms. The topological polar surface area (TPSA) is 26.0 Å². The van der Waals surface area contributed by atoms with E-state index < -0.39 is 0 Å². The Bertz CT molecular complexity index is 379. The number of rotatable bonds is 0. The highest BCUT2D eigenvalue weighted by Gasteiger charge is 1.95. The van der Waals surface area contributed by atoms with Crippen molar-refractivity contribution in [3.8, 4) is 0 Å². The first-order valence-corrected chi connectivity index (χ1v) is 4.09. The predicted molar refractivity (Wildman–Crippen MR) is 54.0 cm³/mol. The summed E-state index contributed by atoms with van der Waals surface area (Å²) in [4.78, 5) is 0. The highest BCUT2D eigenvalue weighted by molar-refractivity contribution is 5.82. The van der Waals surface area contributed by atoms with Crippen molar-refractivity contribution in [1.29, 1.82) is 0 Å². The molecule has 0 radical (unpaired) electrons. The third kappa shape index (κ3) is 2.04. The van der Waals surface area contributed by atoms with Crippen LogP contribution in [0.2, 0.25) is 0 Å². The van der Waals surface area contributed by atoms with Gasteiger partial charge in [0.1, 0.15) is 5.82 Å². The quantitative estimate of drug-likeness (QED) is 0.657. The molecule has 2 heteroatoms. The molecule has 2 aromatic carbocycles. The van der Waals surface area contributed by atoms with Gasteiger partial charge in [0, 0.05) is 5.39 Å². The van der Waals surface area contributed by atoms with Gasteiger partial charge in [-0.3, -0.25) is 0 Å². The second-order valence-electron chi connectivity index (χ2n) is 2.46. The van der Waals surface area contributed by atoms with E-state index >= 15 is 0 Å². The number of hydrogen-bond donors (Lipinski definition) is 1. The van der Waals surface area contributed by atoms with E-state index in [-0.39, 0.29) is 5.82 Å². The third-order valence-corrected chi connectivity index (χ3v) is 1.74. The first-order chi connectivity index (χ1) is 6.38. The number of nitrogens with two attached hydrogens (primary N) is 1. The lowest BCUT2D eigenvalue weighted by Crippen LogP contribution is -1.76. The van der Waals surface area contributed by atoms with Crippen LogP contribution in [0, 0.1) is 5.82 Å². The Morgan fingerprint density at radius 3 is 2.23 bits per heavy atom. The molecule has 2 N–H and O–H groups in total. The minimum atomic E-state index is -0.150. The van der Waals surface area contributed by atoms with Gasteiger partial charge in [0.05, 0.1) is 0 Å². The Morgan fingerprint density at radius 2 is 1.54 bits per heavy atom. The normalized spacial score (nSPS) is 9.15. The van der Waals surface area contributed by atoms with Crippen LogP contribution in [-0.2, 0) is 0 Å². The molecule has 0 aliphatic heterocycles. The van der Waals surface area contributed by atoms with Crippen molar-refractivity contribution < 1.29 is 4.39 Å². The molecule has 13 heavy (non-hydrogen) atoms. The van der Waals surface area contributed by atoms with Crippen LogP contribution in [0.1, 0.15) is 0 Å². The van der Waals surface area contributed by atoms with Gasteiger partial charge in [-0.1, -0.05) is 36.4 Å². The zero-order chi connectivity index (χ0) is 9.68. The zero-order valence-corrected chi connectivity index (χ0v) is 7.50. The summed E-state index contributed by atoms with van der Waals surface area (Å²) in [7, 11) is 1.50. The summed E-state index contributed by atoms with van der Waals surface area (Å²) >= 11 is 0. The van der Waals surface area contributed by atoms with Crippen molar-refractivity contribution in [1.82, 2.24) is 0 Å². The van der Waals surface area contributed by atoms with E-state index in [9.17, 15) is 4.39 Å². The molecule has 1 nitrogen and oxygen atoms in total. The van der Waals surface area contributed by atoms with E-state index in [0.717, 1.165) is 5.39 Å². The molecule has 2 rings (SSSR count). The minimum absolute atomic E-state index is 0.150. The highest BCUT2D eigenvalue weighted by Crippen LogP contribution is 2.15. The SMILES string of the molecule is CN.Fc1cccc2ccccc12. The fourth-order valence-electron chi connectivity index (χ4n) is 1.19. The van der Waals surface area contributed by atoms with Crippen molar-refractivity contribution in [3.63, 3.8) is 0 Å². The molecular formula is C11H12FN. The lowest BCUT2D eigenvalue weighted by atomic mass is 10.1. The van der Waals surface area contributed by atoms with Gasteiger partial charge >= 0.3 is 0 Å². The lowest BCUT2D eigenvalue weighted by molar-refractivity contribution is 0.640. The van der Waals surface area contributed by atoms with Crippen LogP contribution in [-0.4, -0.2) is 7.05 Å². The first kappa shape index (κ1) is 9.68. The van der Waals surface area contributed by atoms with Gasteiger partial charge in [0.15, 0.2) is 0 Å². The molecular weight excluding hydrogens is 165 g/mol. The highest BCUT2D eigenvalue weighted by atomic mass is 19.1. The molecule has 68 valence electrons. The van der Waals surface area contributed by atoms with Gasteiger partial charge in [0.2, 0.25) is 0 Å². The third-order valence-electron chi connectivity index (χ3n) is 1.74. The summed E-state index contributed by atoms with van der Waals surface area (Å²) in [6.45, 7) is 0. The standard InChI is InChI=1S/C10H7F.CH5N/c11-10-7-3-5-8-4-1-2-6-9(8)10;1-2/h1-7H;2H2,1H3. The number of fused-ring (bicyclic) bond motifs is 1. The second-order valence-corrected chi connectivity index (χ2v) is 2.46. The summed E-state index contributed by atoms with van der Waals surface area (Å²) in [6, 6.07) is 12.5. The van der Waals surface area contributed by atoms with Crippen LogP contribution in [0.15, 0.2) is 42.5 Å². The molecule has 0 saturated carbocycles. The molecule has 2 aromatic rings. The monoisotopic (exact) mass is 177 g/mol. The number of hydrogen-bond acceptors (Lipinski definition) is 1. The largest absolute Gasteiger partial charge is 0.333 e. The average molecular weight is 177 g/mol. The maximum Gasteiger partial charge on any atom is 0.131 e. The maximum atomic E-state index is 13.0. The summed E-state index contributed by atoms with van der Waals surface area (Å²) in [6.07, 6.45) is 0. The predicted octanol–water partition coefficient (Wildman–Crippen LogP) is 2.55. The van der Waals surface area contributed by atoms with E-state index in [2.05, 4.69) is 5.73 Å². The molecule has 0 amide bonds. The molecule has 0 spiro atoms. The van der Waals surface area contributed by atoms with Gasteiger partial charge in [-0.15, -0.1) is 0 Å². The fourth-order valence-corrected chi connectivity index (χ4v) is 1.19. The van der Waals surface area contributed by atoms with Gasteiger partial charge in [-0.05, 0) is 18.5 Å². The molecule has 0 aromatic heterocycles. The van der Waals surface area contributed by atoms with E-state index in [1.165, 1.54) is 13.1 Å². The molecule has 0 unspecified atom stereocenters. The van der Waals surface area contributed by atoms with Gasteiger partial charge in [-0.25, -0.2) is 4.39 Å². The second kappa shape index (κ2) is 4.58. The fraction of sp³-hybridized carbons (Fsp3) is 0.0909. The Morgan fingerprint density at radius 1 is 0.923 bits per heavy atom. The number of benzene rings is 2. The van der Waals surface area contributed by atoms with Crippen LogP contribution in [0.5, 0.6) is 0 Å². The van der Waals surface area contributed by atoms with E-state index in [4.69, 9.17) is 0 Å². The first-order valence-electron chi connectivity index (χ1n) is 4.09. The summed E-state index contributed by atoms with van der Waals surface area (Å²) < 4.78 is 13.0. The van der Waals surface area contributed by atoms with Crippen molar-refractivity contribution in [2.45, 2.75) is 0 Å². The lowest BCUT2D eigenvalue weighted by Gasteiger charge is -1.95. The molecule has 0 aliphatic rings. The smallest absolute Gasteiger partial charge is 0.131 e. The Labute approximate surface area is 77.0 Å². The molecule has 0 atom stereocenters. The van der Waals surface area contributed by atoms with Gasteiger partial charge in [-0.2, -0.15) is 0 Å². The van der Waals surface area contributed by atoms with Crippen molar-refractivity contribution >= 4 is 10.8 Å². The van der Waals surface area contributed by atoms with E-state index in [0.29, 0.717) is 5.39 Å². The van der Waals surface area contributed by atoms with Crippen molar-refractivity contribution in [3.05, 3.63) is 48.3 Å². The molecule has 0 fully saturated rings.